The zero-order valence-corrected chi connectivity index (χ0v) is 20.3. The zero-order chi connectivity index (χ0) is 23.8. The minimum Gasteiger partial charge on any atom is -0.376 e. The van der Waals surface area contributed by atoms with Gasteiger partial charge in [0.25, 0.3) is 0 Å². The van der Waals surface area contributed by atoms with Crippen molar-refractivity contribution in [1.82, 2.24) is 9.80 Å². The first-order chi connectivity index (χ1) is 16.6. The van der Waals surface area contributed by atoms with Gasteiger partial charge in [0.1, 0.15) is 6.54 Å². The number of nitrogens with one attached hydrogen (secondary N) is 1. The van der Waals surface area contributed by atoms with Gasteiger partial charge in [-0.2, -0.15) is 0 Å². The molecule has 2 aromatic carbocycles. The third-order valence-electron chi connectivity index (χ3n) is 5.80. The molecule has 1 aliphatic rings. The number of nitrogens with zero attached hydrogens (tertiary/aromatic N) is 2. The van der Waals surface area contributed by atoms with Crippen LogP contribution >= 0.6 is 11.3 Å². The highest BCUT2D eigenvalue weighted by molar-refractivity contribution is 7.11. The summed E-state index contributed by atoms with van der Waals surface area (Å²) in [6, 6.07) is 23.1. The molecule has 3 amide bonds. The van der Waals surface area contributed by atoms with E-state index < -0.39 is 0 Å². The molecule has 1 unspecified atom stereocenters. The van der Waals surface area contributed by atoms with Crippen molar-refractivity contribution in [1.29, 1.82) is 0 Å². The number of hydrogen-bond donors (Lipinski definition) is 1. The third-order valence-corrected chi connectivity index (χ3v) is 6.78. The average molecular weight is 478 g/mol. The number of aryl methyl sites for hydroxylation is 1. The number of urea groups is 1. The van der Waals surface area contributed by atoms with E-state index in [1.807, 2.05) is 65.6 Å². The van der Waals surface area contributed by atoms with E-state index in [1.54, 1.807) is 16.2 Å². The monoisotopic (exact) mass is 477 g/mol. The summed E-state index contributed by atoms with van der Waals surface area (Å²) in [5, 5.41) is 2.93. The molecule has 3 aromatic rings. The highest BCUT2D eigenvalue weighted by atomic mass is 32.1. The van der Waals surface area contributed by atoms with Gasteiger partial charge in [0, 0.05) is 35.1 Å². The molecular weight excluding hydrogens is 446 g/mol. The summed E-state index contributed by atoms with van der Waals surface area (Å²) in [6.07, 6.45) is 1.83. The Hall–Kier alpha value is -3.16. The first kappa shape index (κ1) is 24.0. The van der Waals surface area contributed by atoms with E-state index >= 15 is 0 Å². The van der Waals surface area contributed by atoms with E-state index in [-0.39, 0.29) is 24.6 Å². The maximum Gasteiger partial charge on any atom is 0.322 e. The Balaban J connectivity index is 1.50. The minimum absolute atomic E-state index is 0.00425. The summed E-state index contributed by atoms with van der Waals surface area (Å²) in [7, 11) is 0. The third kappa shape index (κ3) is 6.92. The summed E-state index contributed by atoms with van der Waals surface area (Å²) in [5.74, 6) is -0.0869. The van der Waals surface area contributed by atoms with Crippen molar-refractivity contribution >= 4 is 29.0 Å². The Morgan fingerprint density at radius 2 is 1.71 bits per heavy atom. The molecule has 7 heteroatoms. The molecule has 1 N–H and O–H groups in total. The number of rotatable bonds is 9. The van der Waals surface area contributed by atoms with Crippen molar-refractivity contribution in [2.45, 2.75) is 39.0 Å². The van der Waals surface area contributed by atoms with Crippen molar-refractivity contribution in [2.24, 2.45) is 0 Å². The number of anilines is 1. The normalized spacial score (nSPS) is 15.1. The Labute approximate surface area is 205 Å². The van der Waals surface area contributed by atoms with Crippen LogP contribution in [0, 0.1) is 6.92 Å². The van der Waals surface area contributed by atoms with Gasteiger partial charge in [0.2, 0.25) is 5.91 Å². The van der Waals surface area contributed by atoms with E-state index in [0.29, 0.717) is 31.9 Å². The quantitative estimate of drug-likeness (QED) is 0.455. The summed E-state index contributed by atoms with van der Waals surface area (Å²) >= 11 is 1.69. The Kier molecular flexibility index (Phi) is 8.33. The smallest absolute Gasteiger partial charge is 0.322 e. The van der Waals surface area contributed by atoms with Crippen LogP contribution in [-0.2, 0) is 22.6 Å². The molecule has 0 saturated carbocycles. The summed E-state index contributed by atoms with van der Waals surface area (Å²) in [5.41, 5.74) is 1.76. The van der Waals surface area contributed by atoms with Crippen molar-refractivity contribution < 1.29 is 14.3 Å². The highest BCUT2D eigenvalue weighted by Crippen LogP contribution is 2.20. The number of amides is 3. The van der Waals surface area contributed by atoms with E-state index in [2.05, 4.69) is 24.4 Å². The standard InChI is InChI=1S/C27H31N3O3S/c1-21-14-15-25(34-21)19-29(17-22-9-4-2-5-10-22)26(31)20-30(18-24-13-8-16-33-24)27(32)28-23-11-6-3-7-12-23/h2-7,9-12,14-15,24H,8,13,16-20H2,1H3,(H,28,32). The molecule has 0 spiro atoms. The van der Waals surface area contributed by atoms with Crippen molar-refractivity contribution in [3.8, 4) is 0 Å². The molecule has 1 fully saturated rings. The van der Waals surface area contributed by atoms with Crippen LogP contribution in [0.3, 0.4) is 0 Å². The fourth-order valence-corrected chi connectivity index (χ4v) is 4.94. The van der Waals surface area contributed by atoms with Gasteiger partial charge in [-0.3, -0.25) is 4.79 Å². The van der Waals surface area contributed by atoms with Crippen LogP contribution in [0.1, 0.15) is 28.2 Å². The van der Waals surface area contributed by atoms with Crippen molar-refractivity contribution in [2.75, 3.05) is 25.0 Å². The molecule has 0 bridgehead atoms. The predicted octanol–water partition coefficient (Wildman–Crippen LogP) is 5.30. The molecule has 1 aliphatic heterocycles. The highest BCUT2D eigenvalue weighted by Gasteiger charge is 2.27. The van der Waals surface area contributed by atoms with Crippen LogP contribution in [0.5, 0.6) is 0 Å². The molecule has 34 heavy (non-hydrogen) atoms. The minimum atomic E-state index is -0.290. The summed E-state index contributed by atoms with van der Waals surface area (Å²) in [4.78, 5) is 32.5. The molecule has 4 rings (SSSR count). The van der Waals surface area contributed by atoms with Crippen molar-refractivity contribution in [3.05, 3.63) is 88.1 Å². The molecule has 1 saturated heterocycles. The van der Waals surface area contributed by atoms with E-state index in [1.165, 1.54) is 4.88 Å². The van der Waals surface area contributed by atoms with Gasteiger partial charge in [0.15, 0.2) is 0 Å². The molecule has 178 valence electrons. The lowest BCUT2D eigenvalue weighted by Gasteiger charge is -2.29. The fraction of sp³-hybridized carbons (Fsp3) is 0.333. The van der Waals surface area contributed by atoms with Gasteiger partial charge in [-0.25, -0.2) is 4.79 Å². The topological polar surface area (TPSA) is 61.9 Å². The van der Waals surface area contributed by atoms with Crippen LogP contribution in [0.4, 0.5) is 10.5 Å². The average Bonchev–Trinajstić information content (AvgIpc) is 3.51. The first-order valence-corrected chi connectivity index (χ1v) is 12.5. The molecule has 1 atom stereocenters. The number of para-hydroxylation sites is 1. The number of benzene rings is 2. The van der Waals surface area contributed by atoms with Gasteiger partial charge < -0.3 is 19.9 Å². The van der Waals surface area contributed by atoms with Crippen LogP contribution in [0.2, 0.25) is 0 Å². The van der Waals surface area contributed by atoms with Crippen LogP contribution < -0.4 is 5.32 Å². The lowest BCUT2D eigenvalue weighted by molar-refractivity contribution is -0.133. The fourth-order valence-electron chi connectivity index (χ4n) is 4.03. The summed E-state index contributed by atoms with van der Waals surface area (Å²) in [6.45, 7) is 4.15. The SMILES string of the molecule is Cc1ccc(CN(Cc2ccccc2)C(=O)CN(CC2CCCO2)C(=O)Nc2ccccc2)s1. The lowest BCUT2D eigenvalue weighted by atomic mass is 10.2. The predicted molar refractivity (Wildman–Crippen MR) is 136 cm³/mol. The Bertz CT molecular complexity index is 1060. The zero-order valence-electron chi connectivity index (χ0n) is 19.5. The first-order valence-electron chi connectivity index (χ1n) is 11.7. The number of carbonyl (C=O) groups is 2. The Morgan fingerprint density at radius 3 is 2.35 bits per heavy atom. The molecule has 1 aromatic heterocycles. The van der Waals surface area contributed by atoms with E-state index in [0.717, 1.165) is 23.3 Å². The number of carbonyl (C=O) groups excluding carboxylic acids is 2. The maximum atomic E-state index is 13.6. The lowest BCUT2D eigenvalue weighted by Crippen LogP contribution is -2.46. The number of ether oxygens (including phenoxy) is 1. The summed E-state index contributed by atoms with van der Waals surface area (Å²) < 4.78 is 5.78. The molecule has 2 heterocycles. The van der Waals surface area contributed by atoms with Crippen LogP contribution in [-0.4, -0.2) is 47.5 Å². The van der Waals surface area contributed by atoms with Crippen LogP contribution in [0.25, 0.3) is 0 Å². The molecular formula is C27H31N3O3S. The van der Waals surface area contributed by atoms with Gasteiger partial charge in [-0.05, 0) is 49.6 Å². The molecule has 0 radical (unpaired) electrons. The molecule has 6 nitrogen and oxygen atoms in total. The van der Waals surface area contributed by atoms with Gasteiger partial charge in [-0.1, -0.05) is 48.5 Å². The second-order valence-corrected chi connectivity index (χ2v) is 9.93. The molecule has 0 aliphatic carbocycles. The van der Waals surface area contributed by atoms with Crippen molar-refractivity contribution in [3.63, 3.8) is 0 Å². The van der Waals surface area contributed by atoms with E-state index in [9.17, 15) is 9.59 Å². The maximum absolute atomic E-state index is 13.6. The van der Waals surface area contributed by atoms with Gasteiger partial charge in [-0.15, -0.1) is 11.3 Å². The number of hydrogen-bond acceptors (Lipinski definition) is 4. The largest absolute Gasteiger partial charge is 0.376 e. The Morgan fingerprint density at radius 1 is 0.971 bits per heavy atom. The second-order valence-electron chi connectivity index (χ2n) is 8.56. The van der Waals surface area contributed by atoms with E-state index in [4.69, 9.17) is 4.74 Å². The van der Waals surface area contributed by atoms with Gasteiger partial charge >= 0.3 is 6.03 Å². The van der Waals surface area contributed by atoms with Crippen LogP contribution in [0.15, 0.2) is 72.8 Å². The number of thiophene rings is 1. The van der Waals surface area contributed by atoms with Gasteiger partial charge in [0.05, 0.1) is 12.6 Å². The second kappa shape index (κ2) is 11.8.